The second kappa shape index (κ2) is 5.33. The van der Waals surface area contributed by atoms with Gasteiger partial charge in [-0.15, -0.1) is 5.10 Å². The van der Waals surface area contributed by atoms with Crippen LogP contribution in [-0.4, -0.2) is 20.8 Å². The van der Waals surface area contributed by atoms with Crippen molar-refractivity contribution in [2.24, 2.45) is 0 Å². The second-order valence-electron chi connectivity index (χ2n) is 5.56. The molecule has 0 aliphatic rings. The molecule has 22 heavy (non-hydrogen) atoms. The fourth-order valence-electron chi connectivity index (χ4n) is 2.39. The van der Waals surface area contributed by atoms with Crippen LogP contribution in [0.25, 0.3) is 11.0 Å². The van der Waals surface area contributed by atoms with E-state index in [4.69, 9.17) is 0 Å². The number of ketones is 1. The molecule has 4 nitrogen and oxygen atoms in total. The third kappa shape index (κ3) is 2.50. The number of hydrogen-bond donors (Lipinski definition) is 0. The number of carbonyl (C=O) groups excluding carboxylic acids is 1. The van der Waals surface area contributed by atoms with Crippen molar-refractivity contribution in [2.45, 2.75) is 27.3 Å². The third-order valence-corrected chi connectivity index (χ3v) is 3.90. The van der Waals surface area contributed by atoms with Crippen molar-refractivity contribution >= 4 is 16.8 Å². The van der Waals surface area contributed by atoms with Gasteiger partial charge in [-0.1, -0.05) is 5.21 Å². The lowest BCUT2D eigenvalue weighted by Gasteiger charge is -2.05. The first kappa shape index (κ1) is 14.4. The van der Waals surface area contributed by atoms with Gasteiger partial charge in [-0.25, -0.2) is 9.07 Å². The zero-order valence-corrected chi connectivity index (χ0v) is 12.7. The number of aryl methyl sites for hydroxylation is 3. The molecule has 1 heterocycles. The highest BCUT2D eigenvalue weighted by Gasteiger charge is 2.13. The van der Waals surface area contributed by atoms with Crippen molar-refractivity contribution in [1.82, 2.24) is 15.0 Å². The summed E-state index contributed by atoms with van der Waals surface area (Å²) in [6.07, 6.45) is 0. The van der Waals surface area contributed by atoms with Gasteiger partial charge in [0.1, 0.15) is 17.9 Å². The van der Waals surface area contributed by atoms with Crippen molar-refractivity contribution < 1.29 is 9.18 Å². The highest BCUT2D eigenvalue weighted by molar-refractivity contribution is 5.96. The molecule has 3 aromatic rings. The highest BCUT2D eigenvalue weighted by atomic mass is 19.1. The van der Waals surface area contributed by atoms with Crippen molar-refractivity contribution in [3.8, 4) is 0 Å². The lowest BCUT2D eigenvalue weighted by molar-refractivity contribution is 0.0968. The molecule has 0 atom stereocenters. The summed E-state index contributed by atoms with van der Waals surface area (Å²) < 4.78 is 14.9. The number of nitrogens with zero attached hydrogens (tertiary/aromatic N) is 3. The summed E-state index contributed by atoms with van der Waals surface area (Å²) in [6, 6.07) is 8.31. The van der Waals surface area contributed by atoms with E-state index in [-0.39, 0.29) is 18.1 Å². The molecule has 0 unspecified atom stereocenters. The fraction of sp³-hybridized carbons (Fsp3) is 0.235. The van der Waals surface area contributed by atoms with E-state index in [1.807, 2.05) is 26.0 Å². The molecule has 0 radical (unpaired) electrons. The molecule has 0 spiro atoms. The minimum Gasteiger partial charge on any atom is -0.292 e. The van der Waals surface area contributed by atoms with Crippen LogP contribution in [0.15, 0.2) is 30.3 Å². The maximum Gasteiger partial charge on any atom is 0.184 e. The van der Waals surface area contributed by atoms with Crippen molar-refractivity contribution in [2.75, 3.05) is 0 Å². The molecule has 0 amide bonds. The molecule has 0 bridgehead atoms. The molecule has 2 aromatic carbocycles. The summed E-state index contributed by atoms with van der Waals surface area (Å²) in [4.78, 5) is 12.4. The molecule has 1 aromatic heterocycles. The smallest absolute Gasteiger partial charge is 0.184 e. The van der Waals surface area contributed by atoms with Crippen molar-refractivity contribution in [3.63, 3.8) is 0 Å². The molecular formula is C17H16FN3O. The number of aromatic nitrogens is 3. The number of halogens is 1. The average molecular weight is 297 g/mol. The number of Topliss-reactive ketones (excluding diaryl/α,β-unsaturated/α-hetero) is 1. The Bertz CT molecular complexity index is 883. The van der Waals surface area contributed by atoms with Crippen LogP contribution in [0.2, 0.25) is 0 Å². The summed E-state index contributed by atoms with van der Waals surface area (Å²) in [6.45, 7) is 5.75. The average Bonchev–Trinajstić information content (AvgIpc) is 2.84. The van der Waals surface area contributed by atoms with Crippen molar-refractivity contribution in [3.05, 3.63) is 58.4 Å². The maximum atomic E-state index is 13.3. The van der Waals surface area contributed by atoms with E-state index in [1.165, 1.54) is 12.1 Å². The Balaban J connectivity index is 1.94. The number of hydrogen-bond acceptors (Lipinski definition) is 3. The Morgan fingerprint density at radius 1 is 1.09 bits per heavy atom. The predicted octanol–water partition coefficient (Wildman–Crippen LogP) is 3.38. The zero-order chi connectivity index (χ0) is 15.9. The SMILES string of the molecule is Cc1cc2nnn(CC(=O)c3ccc(F)c(C)c3)c2cc1C. The quantitative estimate of drug-likeness (QED) is 0.696. The second-order valence-corrected chi connectivity index (χ2v) is 5.56. The van der Waals surface area contributed by atoms with Crippen LogP contribution in [0.1, 0.15) is 27.0 Å². The van der Waals surface area contributed by atoms with Gasteiger partial charge < -0.3 is 0 Å². The molecular weight excluding hydrogens is 281 g/mol. The van der Waals surface area contributed by atoms with Crippen LogP contribution in [0.3, 0.4) is 0 Å². The summed E-state index contributed by atoms with van der Waals surface area (Å²) in [5.74, 6) is -0.429. The van der Waals surface area contributed by atoms with E-state index < -0.39 is 0 Å². The van der Waals surface area contributed by atoms with Crippen molar-refractivity contribution in [1.29, 1.82) is 0 Å². The topological polar surface area (TPSA) is 47.8 Å². The zero-order valence-electron chi connectivity index (χ0n) is 12.7. The van der Waals surface area contributed by atoms with Gasteiger partial charge in [0.05, 0.1) is 5.52 Å². The Hall–Kier alpha value is -2.56. The molecule has 0 aliphatic carbocycles. The lowest BCUT2D eigenvalue weighted by Crippen LogP contribution is -2.12. The molecule has 5 heteroatoms. The largest absolute Gasteiger partial charge is 0.292 e. The van der Waals surface area contributed by atoms with E-state index >= 15 is 0 Å². The molecule has 0 aliphatic heterocycles. The molecule has 0 fully saturated rings. The van der Waals surface area contributed by atoms with Gasteiger partial charge in [0.2, 0.25) is 0 Å². The van der Waals surface area contributed by atoms with E-state index in [9.17, 15) is 9.18 Å². The summed E-state index contributed by atoms with van der Waals surface area (Å²) >= 11 is 0. The predicted molar refractivity (Wildman–Crippen MR) is 82.5 cm³/mol. The van der Waals surface area contributed by atoms with Gasteiger partial charge in [-0.3, -0.25) is 4.79 Å². The van der Waals surface area contributed by atoms with Crippen LogP contribution >= 0.6 is 0 Å². The first-order valence-electron chi connectivity index (χ1n) is 7.05. The minimum absolute atomic E-state index is 0.0874. The van der Waals surface area contributed by atoms with E-state index in [0.717, 1.165) is 22.2 Å². The molecule has 0 saturated heterocycles. The number of fused-ring (bicyclic) bond motifs is 1. The fourth-order valence-corrected chi connectivity index (χ4v) is 2.39. The van der Waals surface area contributed by atoms with Gasteiger partial charge in [-0.05, 0) is 67.8 Å². The molecule has 3 rings (SSSR count). The number of carbonyl (C=O) groups is 1. The molecule has 112 valence electrons. The van der Waals surface area contributed by atoms with Gasteiger partial charge in [-0.2, -0.15) is 0 Å². The van der Waals surface area contributed by atoms with E-state index in [0.29, 0.717) is 11.1 Å². The normalized spacial score (nSPS) is 11.1. The monoisotopic (exact) mass is 297 g/mol. The van der Waals surface area contributed by atoms with Crippen LogP contribution in [0.5, 0.6) is 0 Å². The Labute approximate surface area is 127 Å². The third-order valence-electron chi connectivity index (χ3n) is 3.90. The van der Waals surface area contributed by atoms with Crippen LogP contribution in [-0.2, 0) is 6.54 Å². The van der Waals surface area contributed by atoms with Crippen LogP contribution in [0, 0.1) is 26.6 Å². The Morgan fingerprint density at radius 3 is 2.55 bits per heavy atom. The Morgan fingerprint density at radius 2 is 1.82 bits per heavy atom. The van der Waals surface area contributed by atoms with Gasteiger partial charge in [0, 0.05) is 5.56 Å². The van der Waals surface area contributed by atoms with Gasteiger partial charge >= 0.3 is 0 Å². The van der Waals surface area contributed by atoms with E-state index in [2.05, 4.69) is 10.3 Å². The summed E-state index contributed by atoms with van der Waals surface area (Å²) in [5.41, 5.74) is 4.80. The lowest BCUT2D eigenvalue weighted by atomic mass is 10.1. The summed E-state index contributed by atoms with van der Waals surface area (Å²) in [7, 11) is 0. The van der Waals surface area contributed by atoms with Crippen LogP contribution in [0.4, 0.5) is 4.39 Å². The van der Waals surface area contributed by atoms with Crippen LogP contribution < -0.4 is 0 Å². The standard InChI is InChI=1S/C17H16FN3O/c1-10-7-15-16(8-11(10)2)21(20-19-15)9-17(22)13-4-5-14(18)12(3)6-13/h4-8H,9H2,1-3H3. The Kier molecular flexibility index (Phi) is 3.48. The van der Waals surface area contributed by atoms with Gasteiger partial charge in [0.15, 0.2) is 5.78 Å². The minimum atomic E-state index is -0.311. The highest BCUT2D eigenvalue weighted by Crippen LogP contribution is 2.18. The van der Waals surface area contributed by atoms with Gasteiger partial charge in [0.25, 0.3) is 0 Å². The van der Waals surface area contributed by atoms with E-state index in [1.54, 1.807) is 17.7 Å². The first-order valence-corrected chi connectivity index (χ1v) is 7.05. The first-order chi connectivity index (χ1) is 10.5. The number of benzene rings is 2. The maximum absolute atomic E-state index is 13.3. The molecule has 0 saturated carbocycles. The number of rotatable bonds is 3. The molecule has 0 N–H and O–H groups in total. The summed E-state index contributed by atoms with van der Waals surface area (Å²) in [5, 5.41) is 8.15.